The minimum atomic E-state index is -0.787. The fourth-order valence-electron chi connectivity index (χ4n) is 1.41. The van der Waals surface area contributed by atoms with Crippen molar-refractivity contribution in [2.45, 2.75) is 32.4 Å². The molecule has 0 aliphatic rings. The molecule has 0 bridgehead atoms. The molecule has 3 N–H and O–H groups in total. The first-order valence-corrected chi connectivity index (χ1v) is 6.10. The summed E-state index contributed by atoms with van der Waals surface area (Å²) >= 11 is 0. The highest BCUT2D eigenvalue weighted by Gasteiger charge is 2.12. The molecule has 0 saturated carbocycles. The number of aromatic nitrogens is 2. The van der Waals surface area contributed by atoms with Crippen LogP contribution in [0.3, 0.4) is 0 Å². The largest absolute Gasteiger partial charge is 0.390 e. The molecular weight excluding hydrogens is 232 g/mol. The first-order chi connectivity index (χ1) is 8.42. The second kappa shape index (κ2) is 6.51. The number of nitrogens with one attached hydrogen (secondary N) is 2. The van der Waals surface area contributed by atoms with Crippen LogP contribution in [0.1, 0.15) is 20.3 Å². The van der Waals surface area contributed by atoms with Crippen molar-refractivity contribution in [2.24, 2.45) is 0 Å². The maximum Gasteiger partial charge on any atom is 0.268 e. The van der Waals surface area contributed by atoms with E-state index in [9.17, 15) is 9.90 Å². The molecule has 6 heteroatoms. The van der Waals surface area contributed by atoms with E-state index >= 15 is 0 Å². The van der Waals surface area contributed by atoms with Gasteiger partial charge in [0.2, 0.25) is 0 Å². The van der Waals surface area contributed by atoms with Gasteiger partial charge in [-0.1, -0.05) is 0 Å². The van der Waals surface area contributed by atoms with Crippen molar-refractivity contribution in [2.75, 3.05) is 25.5 Å². The molecular formula is C12H22N4O2. The molecule has 1 aromatic heterocycles. The number of aliphatic hydroxyl groups is 1. The topological polar surface area (TPSA) is 79.2 Å². The molecule has 0 unspecified atom stereocenters. The van der Waals surface area contributed by atoms with E-state index in [4.69, 9.17) is 0 Å². The lowest BCUT2D eigenvalue weighted by atomic mass is 10.1. The third kappa shape index (κ3) is 5.29. The highest BCUT2D eigenvalue weighted by molar-refractivity contribution is 5.38. The van der Waals surface area contributed by atoms with Gasteiger partial charge in [0.05, 0.1) is 17.5 Å². The van der Waals surface area contributed by atoms with Crippen LogP contribution in [-0.4, -0.2) is 40.6 Å². The van der Waals surface area contributed by atoms with Gasteiger partial charge >= 0.3 is 0 Å². The Labute approximate surface area is 107 Å². The fraction of sp³-hybridized carbons (Fsp3) is 0.667. The summed E-state index contributed by atoms with van der Waals surface area (Å²) in [5.74, 6) is 0. The van der Waals surface area contributed by atoms with Gasteiger partial charge in [0.15, 0.2) is 0 Å². The average molecular weight is 254 g/mol. The summed E-state index contributed by atoms with van der Waals surface area (Å²) in [6.07, 6.45) is 2.12. The molecule has 6 nitrogen and oxygen atoms in total. The molecule has 0 spiro atoms. The van der Waals surface area contributed by atoms with Gasteiger partial charge in [-0.2, -0.15) is 5.10 Å². The van der Waals surface area contributed by atoms with Crippen LogP contribution in [0.25, 0.3) is 0 Å². The number of hydrogen-bond donors (Lipinski definition) is 3. The Morgan fingerprint density at radius 1 is 1.44 bits per heavy atom. The van der Waals surface area contributed by atoms with Crippen LogP contribution < -0.4 is 16.2 Å². The summed E-state index contributed by atoms with van der Waals surface area (Å²) in [5, 5.41) is 19.8. The summed E-state index contributed by atoms with van der Waals surface area (Å²) in [7, 11) is 1.87. The van der Waals surface area contributed by atoms with Crippen LogP contribution in [0.15, 0.2) is 17.1 Å². The summed E-state index contributed by atoms with van der Waals surface area (Å²) in [6, 6.07) is 1.52. The fourth-order valence-corrected chi connectivity index (χ4v) is 1.41. The molecule has 1 aromatic rings. The summed E-state index contributed by atoms with van der Waals surface area (Å²) < 4.78 is 1.36. The van der Waals surface area contributed by atoms with Crippen LogP contribution in [0.2, 0.25) is 0 Å². The van der Waals surface area contributed by atoms with Gasteiger partial charge in [0, 0.05) is 25.7 Å². The second-order valence-electron chi connectivity index (χ2n) is 4.90. The molecule has 0 aliphatic heterocycles. The number of anilines is 1. The zero-order valence-electron chi connectivity index (χ0n) is 11.2. The number of aryl methyl sites for hydroxylation is 1. The molecule has 0 aromatic carbocycles. The standard InChI is InChI=1S/C12H22N4O2/c1-12(2,18)4-7-16-11(17)8-10(9-15-16)14-6-5-13-3/h8-9,13-14,18H,4-7H2,1-3H3. The smallest absolute Gasteiger partial charge is 0.268 e. The Hall–Kier alpha value is -1.40. The first kappa shape index (κ1) is 14.7. The van der Waals surface area contributed by atoms with Crippen molar-refractivity contribution in [1.82, 2.24) is 15.1 Å². The van der Waals surface area contributed by atoms with Gasteiger partial charge in [-0.05, 0) is 27.3 Å². The summed E-state index contributed by atoms with van der Waals surface area (Å²) in [4.78, 5) is 11.8. The van der Waals surface area contributed by atoms with E-state index in [-0.39, 0.29) is 5.56 Å². The van der Waals surface area contributed by atoms with Gasteiger partial charge < -0.3 is 15.7 Å². The van der Waals surface area contributed by atoms with Crippen LogP contribution in [0.5, 0.6) is 0 Å². The predicted octanol–water partition coefficient (Wildman–Crippen LogP) is 0.0356. The molecule has 18 heavy (non-hydrogen) atoms. The highest BCUT2D eigenvalue weighted by atomic mass is 16.3. The Morgan fingerprint density at radius 2 is 2.17 bits per heavy atom. The highest BCUT2D eigenvalue weighted by Crippen LogP contribution is 2.07. The van der Waals surface area contributed by atoms with E-state index in [1.165, 1.54) is 10.7 Å². The van der Waals surface area contributed by atoms with Gasteiger partial charge in [-0.3, -0.25) is 4.79 Å². The van der Waals surface area contributed by atoms with Gasteiger partial charge in [0.1, 0.15) is 0 Å². The number of hydrogen-bond acceptors (Lipinski definition) is 5. The van der Waals surface area contributed by atoms with E-state index in [2.05, 4.69) is 15.7 Å². The maximum atomic E-state index is 11.8. The number of likely N-dealkylation sites (N-methyl/N-ethyl adjacent to an activating group) is 1. The lowest BCUT2D eigenvalue weighted by Crippen LogP contribution is -2.28. The van der Waals surface area contributed by atoms with Gasteiger partial charge in [-0.15, -0.1) is 0 Å². The van der Waals surface area contributed by atoms with Crippen molar-refractivity contribution < 1.29 is 5.11 Å². The average Bonchev–Trinajstić information content (AvgIpc) is 2.27. The lowest BCUT2D eigenvalue weighted by Gasteiger charge is -2.17. The lowest BCUT2D eigenvalue weighted by molar-refractivity contribution is 0.0646. The molecule has 0 atom stereocenters. The zero-order valence-corrected chi connectivity index (χ0v) is 11.2. The first-order valence-electron chi connectivity index (χ1n) is 6.10. The van der Waals surface area contributed by atoms with E-state index in [0.29, 0.717) is 13.0 Å². The van der Waals surface area contributed by atoms with Crippen LogP contribution in [0.4, 0.5) is 5.69 Å². The second-order valence-corrected chi connectivity index (χ2v) is 4.90. The molecule has 0 radical (unpaired) electrons. The summed E-state index contributed by atoms with van der Waals surface area (Å²) in [5.41, 5.74) is -0.228. The minimum absolute atomic E-state index is 0.159. The normalized spacial score (nSPS) is 11.6. The molecule has 1 rings (SSSR count). The molecule has 0 aliphatic carbocycles. The predicted molar refractivity (Wildman–Crippen MR) is 71.8 cm³/mol. The Morgan fingerprint density at radius 3 is 2.72 bits per heavy atom. The van der Waals surface area contributed by atoms with Crippen molar-refractivity contribution >= 4 is 5.69 Å². The molecule has 0 amide bonds. The third-order valence-electron chi connectivity index (χ3n) is 2.51. The number of rotatable bonds is 7. The summed E-state index contributed by atoms with van der Waals surface area (Å²) in [6.45, 7) is 5.41. The molecule has 1 heterocycles. The van der Waals surface area contributed by atoms with E-state index < -0.39 is 5.60 Å². The van der Waals surface area contributed by atoms with Crippen molar-refractivity contribution in [3.63, 3.8) is 0 Å². The Balaban J connectivity index is 2.60. The minimum Gasteiger partial charge on any atom is -0.390 e. The van der Waals surface area contributed by atoms with Crippen LogP contribution in [-0.2, 0) is 6.54 Å². The van der Waals surface area contributed by atoms with Gasteiger partial charge in [-0.25, -0.2) is 4.68 Å². The van der Waals surface area contributed by atoms with E-state index in [1.54, 1.807) is 20.0 Å². The molecule has 102 valence electrons. The van der Waals surface area contributed by atoms with Crippen molar-refractivity contribution in [3.05, 3.63) is 22.6 Å². The Bertz CT molecular complexity index is 423. The molecule has 0 saturated heterocycles. The Kier molecular flexibility index (Phi) is 5.30. The molecule has 0 fully saturated rings. The van der Waals surface area contributed by atoms with Crippen molar-refractivity contribution in [1.29, 1.82) is 0 Å². The van der Waals surface area contributed by atoms with Crippen molar-refractivity contribution in [3.8, 4) is 0 Å². The van der Waals surface area contributed by atoms with E-state index in [1.807, 2.05) is 7.05 Å². The number of nitrogens with zero attached hydrogens (tertiary/aromatic N) is 2. The quantitative estimate of drug-likeness (QED) is 0.599. The van der Waals surface area contributed by atoms with Gasteiger partial charge in [0.25, 0.3) is 5.56 Å². The SMILES string of the molecule is CNCCNc1cnn(CCC(C)(C)O)c(=O)c1. The zero-order chi connectivity index (χ0) is 13.6. The maximum absolute atomic E-state index is 11.8. The monoisotopic (exact) mass is 254 g/mol. The third-order valence-corrected chi connectivity index (χ3v) is 2.51. The van der Waals surface area contributed by atoms with Crippen LogP contribution in [0, 0.1) is 0 Å². The van der Waals surface area contributed by atoms with Crippen LogP contribution >= 0.6 is 0 Å². The van der Waals surface area contributed by atoms with E-state index in [0.717, 1.165) is 18.8 Å².